The molecule has 0 aromatic heterocycles. The van der Waals surface area contributed by atoms with Crippen molar-refractivity contribution in [2.45, 2.75) is 43.7 Å². The summed E-state index contributed by atoms with van der Waals surface area (Å²) in [4.78, 5) is 27.5. The van der Waals surface area contributed by atoms with Gasteiger partial charge in [-0.05, 0) is 49.2 Å². The summed E-state index contributed by atoms with van der Waals surface area (Å²) in [5, 5.41) is 3.13. The van der Waals surface area contributed by atoms with Gasteiger partial charge < -0.3 is 10.1 Å². The maximum atomic E-state index is 13.4. The van der Waals surface area contributed by atoms with Crippen LogP contribution in [0.4, 0.5) is 10.1 Å². The topological polar surface area (TPSA) is 58.6 Å². The first-order chi connectivity index (χ1) is 14.5. The van der Waals surface area contributed by atoms with Gasteiger partial charge in [-0.2, -0.15) is 0 Å². The highest BCUT2D eigenvalue weighted by Crippen LogP contribution is 2.40. The quantitative estimate of drug-likeness (QED) is 0.733. The van der Waals surface area contributed by atoms with Crippen LogP contribution >= 0.6 is 0 Å². The molecule has 2 amide bonds. The van der Waals surface area contributed by atoms with Gasteiger partial charge in [0.2, 0.25) is 5.91 Å². The summed E-state index contributed by atoms with van der Waals surface area (Å²) in [6.07, 6.45) is 7.72. The highest BCUT2D eigenvalue weighted by atomic mass is 19.1. The molecule has 6 heteroatoms. The van der Waals surface area contributed by atoms with Crippen LogP contribution in [0, 0.1) is 5.82 Å². The number of amides is 2. The van der Waals surface area contributed by atoms with Crippen LogP contribution in [0.2, 0.25) is 0 Å². The maximum Gasteiger partial charge on any atom is 0.251 e. The second kappa shape index (κ2) is 8.30. The van der Waals surface area contributed by atoms with Crippen molar-refractivity contribution in [1.29, 1.82) is 0 Å². The highest BCUT2D eigenvalue weighted by Gasteiger charge is 2.56. The third-order valence-electron chi connectivity index (χ3n) is 5.92. The molecule has 1 saturated heterocycles. The molecule has 1 atom stereocenters. The Labute approximate surface area is 175 Å². The van der Waals surface area contributed by atoms with Gasteiger partial charge in [-0.15, -0.1) is 0 Å². The fraction of sp³-hybridized carbons (Fsp3) is 0.333. The Bertz CT molecular complexity index is 967. The van der Waals surface area contributed by atoms with E-state index in [4.69, 9.17) is 4.74 Å². The van der Waals surface area contributed by atoms with Gasteiger partial charge in [0.1, 0.15) is 11.6 Å². The Hall–Kier alpha value is -3.15. The van der Waals surface area contributed by atoms with Gasteiger partial charge in [-0.3, -0.25) is 14.5 Å². The number of hydrogen-bond donors (Lipinski definition) is 1. The van der Waals surface area contributed by atoms with Crippen molar-refractivity contribution in [3.8, 4) is 5.75 Å². The number of methoxy groups -OCH3 is 1. The number of anilines is 1. The summed E-state index contributed by atoms with van der Waals surface area (Å²) < 4.78 is 18.8. The maximum absolute atomic E-state index is 13.4. The molecule has 1 heterocycles. The Balaban J connectivity index is 1.70. The third kappa shape index (κ3) is 3.70. The molecule has 0 bridgehead atoms. The molecular weight excluding hydrogens is 383 g/mol. The molecular formula is C24H25FN2O3. The molecule has 2 fully saturated rings. The average molecular weight is 408 g/mol. The van der Waals surface area contributed by atoms with E-state index in [1.165, 1.54) is 29.2 Å². The molecule has 0 unspecified atom stereocenters. The molecule has 2 aromatic rings. The largest absolute Gasteiger partial charge is 0.496 e. The molecule has 156 valence electrons. The van der Waals surface area contributed by atoms with E-state index in [9.17, 15) is 14.0 Å². The lowest BCUT2D eigenvalue weighted by atomic mass is 9.80. The van der Waals surface area contributed by atoms with Crippen molar-refractivity contribution < 1.29 is 18.7 Å². The minimum atomic E-state index is -1.15. The molecule has 1 aliphatic heterocycles. The van der Waals surface area contributed by atoms with Gasteiger partial charge in [-0.1, -0.05) is 37.1 Å². The predicted molar refractivity (Wildman–Crippen MR) is 114 cm³/mol. The molecule has 1 N–H and O–H groups in total. The number of carbonyl (C=O) groups excluding carboxylic acids is 2. The number of halogens is 1. The number of carbonyl (C=O) groups is 2. The second-order valence-electron chi connectivity index (χ2n) is 7.84. The molecule has 5 nitrogen and oxygen atoms in total. The molecule has 1 saturated carbocycles. The van der Waals surface area contributed by atoms with Crippen molar-refractivity contribution in [3.63, 3.8) is 0 Å². The number of nitrogens with one attached hydrogen (secondary N) is 1. The predicted octanol–water partition coefficient (Wildman–Crippen LogP) is 4.08. The van der Waals surface area contributed by atoms with E-state index in [0.717, 1.165) is 31.2 Å². The van der Waals surface area contributed by atoms with Gasteiger partial charge in [-0.25, -0.2) is 4.39 Å². The zero-order valence-electron chi connectivity index (χ0n) is 16.9. The van der Waals surface area contributed by atoms with E-state index in [-0.39, 0.29) is 24.3 Å². The SMILES string of the molecule is COc1ccccc1/C=C/[C@]1(C(=O)NC2CCCC2)CC(=O)N1c1ccc(F)cc1. The van der Waals surface area contributed by atoms with E-state index >= 15 is 0 Å². The minimum absolute atomic E-state index is 0.0641. The van der Waals surface area contributed by atoms with Crippen molar-refractivity contribution in [2.75, 3.05) is 12.0 Å². The van der Waals surface area contributed by atoms with Crippen molar-refractivity contribution in [3.05, 3.63) is 66.0 Å². The zero-order chi connectivity index (χ0) is 21.1. The molecule has 2 aromatic carbocycles. The van der Waals surface area contributed by atoms with E-state index in [0.29, 0.717) is 11.4 Å². The van der Waals surface area contributed by atoms with Crippen LogP contribution in [0.5, 0.6) is 5.75 Å². The van der Waals surface area contributed by atoms with Gasteiger partial charge in [0.15, 0.2) is 5.54 Å². The van der Waals surface area contributed by atoms with Crippen molar-refractivity contribution >= 4 is 23.6 Å². The molecule has 1 aliphatic carbocycles. The van der Waals surface area contributed by atoms with Crippen LogP contribution in [0.25, 0.3) is 6.08 Å². The summed E-state index contributed by atoms with van der Waals surface area (Å²) in [6.45, 7) is 0. The van der Waals surface area contributed by atoms with Gasteiger partial charge in [0.05, 0.1) is 13.5 Å². The Morgan fingerprint density at radius 1 is 1.17 bits per heavy atom. The van der Waals surface area contributed by atoms with Gasteiger partial charge in [0, 0.05) is 17.3 Å². The van der Waals surface area contributed by atoms with Crippen LogP contribution in [-0.2, 0) is 9.59 Å². The van der Waals surface area contributed by atoms with E-state index < -0.39 is 11.4 Å². The normalized spacial score (nSPS) is 21.7. The van der Waals surface area contributed by atoms with Crippen LogP contribution in [-0.4, -0.2) is 30.5 Å². The lowest BCUT2D eigenvalue weighted by Gasteiger charge is -2.49. The number of para-hydroxylation sites is 1. The summed E-state index contributed by atoms with van der Waals surface area (Å²) in [6, 6.07) is 13.3. The first-order valence-corrected chi connectivity index (χ1v) is 10.3. The molecule has 30 heavy (non-hydrogen) atoms. The number of benzene rings is 2. The molecule has 4 rings (SSSR count). The Morgan fingerprint density at radius 2 is 1.87 bits per heavy atom. The first-order valence-electron chi connectivity index (χ1n) is 10.3. The van der Waals surface area contributed by atoms with Crippen LogP contribution < -0.4 is 15.0 Å². The lowest BCUT2D eigenvalue weighted by Crippen LogP contribution is -2.70. The summed E-state index contributed by atoms with van der Waals surface area (Å²) in [5.74, 6) is -0.0892. The Morgan fingerprint density at radius 3 is 2.53 bits per heavy atom. The first kappa shape index (κ1) is 20.1. The molecule has 0 spiro atoms. The number of rotatable bonds is 6. The highest BCUT2D eigenvalue weighted by molar-refractivity contribution is 6.15. The van der Waals surface area contributed by atoms with Crippen LogP contribution in [0.15, 0.2) is 54.6 Å². The summed E-state index contributed by atoms with van der Waals surface area (Å²) in [7, 11) is 1.59. The molecule has 2 aliphatic rings. The standard InChI is InChI=1S/C24H25FN2O3/c1-30-21-9-5-2-6-17(21)14-15-24(23(29)26-19-7-3-4-8-19)16-22(28)27(24)20-12-10-18(25)11-13-20/h2,5-6,9-15,19H,3-4,7-8,16H2,1H3,(H,26,29)/b15-14+/t24-/m1/s1. The van der Waals surface area contributed by atoms with E-state index in [2.05, 4.69) is 5.32 Å². The fourth-order valence-electron chi connectivity index (χ4n) is 4.29. The van der Waals surface area contributed by atoms with E-state index in [1.807, 2.05) is 30.3 Å². The second-order valence-corrected chi connectivity index (χ2v) is 7.84. The molecule has 0 radical (unpaired) electrons. The van der Waals surface area contributed by atoms with Crippen molar-refractivity contribution in [2.24, 2.45) is 0 Å². The zero-order valence-corrected chi connectivity index (χ0v) is 16.9. The number of hydrogen-bond acceptors (Lipinski definition) is 3. The number of nitrogens with zero attached hydrogens (tertiary/aromatic N) is 1. The summed E-state index contributed by atoms with van der Waals surface area (Å²) in [5.41, 5.74) is 0.156. The monoisotopic (exact) mass is 408 g/mol. The minimum Gasteiger partial charge on any atom is -0.496 e. The fourth-order valence-corrected chi connectivity index (χ4v) is 4.29. The van der Waals surface area contributed by atoms with E-state index in [1.54, 1.807) is 13.2 Å². The van der Waals surface area contributed by atoms with Gasteiger partial charge >= 0.3 is 0 Å². The van der Waals surface area contributed by atoms with Crippen LogP contribution in [0.1, 0.15) is 37.7 Å². The lowest BCUT2D eigenvalue weighted by molar-refractivity contribution is -0.137. The number of β-lactam (4-membered cyclic amide) rings is 1. The summed E-state index contributed by atoms with van der Waals surface area (Å²) >= 11 is 0. The van der Waals surface area contributed by atoms with Crippen LogP contribution in [0.3, 0.4) is 0 Å². The average Bonchev–Trinajstić information content (AvgIpc) is 3.25. The van der Waals surface area contributed by atoms with Crippen molar-refractivity contribution in [1.82, 2.24) is 5.32 Å². The number of ether oxygens (including phenoxy) is 1. The van der Waals surface area contributed by atoms with Gasteiger partial charge in [0.25, 0.3) is 5.91 Å². The smallest absolute Gasteiger partial charge is 0.251 e. The third-order valence-corrected chi connectivity index (χ3v) is 5.92. The Kier molecular flexibility index (Phi) is 5.57.